The van der Waals surface area contributed by atoms with Gasteiger partial charge in [-0.05, 0) is 62.9 Å². The lowest BCUT2D eigenvalue weighted by atomic mass is 9.80. The van der Waals surface area contributed by atoms with Gasteiger partial charge in [0.1, 0.15) is 17.4 Å². The van der Waals surface area contributed by atoms with Crippen molar-refractivity contribution in [3.8, 4) is 6.07 Å². The first-order valence-electron chi connectivity index (χ1n) is 12.7. The predicted octanol–water partition coefficient (Wildman–Crippen LogP) is 3.31. The molecule has 2 atom stereocenters. The van der Waals surface area contributed by atoms with Crippen LogP contribution < -0.4 is 9.62 Å². The summed E-state index contributed by atoms with van der Waals surface area (Å²) in [4.78, 5) is 13.9. The number of benzene rings is 1. The van der Waals surface area contributed by atoms with Crippen LogP contribution in [0.2, 0.25) is 10.0 Å². The van der Waals surface area contributed by atoms with Crippen molar-refractivity contribution in [2.24, 2.45) is 11.8 Å². The van der Waals surface area contributed by atoms with E-state index in [9.17, 15) is 13.7 Å². The average molecular weight is 578 g/mol. The van der Waals surface area contributed by atoms with Crippen molar-refractivity contribution in [1.29, 1.82) is 5.26 Å². The Hall–Kier alpha value is -2.49. The van der Waals surface area contributed by atoms with Crippen LogP contribution in [0, 0.1) is 23.2 Å². The molecule has 3 aromatic rings. The number of sulfonamides is 1. The van der Waals surface area contributed by atoms with E-state index in [1.54, 1.807) is 23.0 Å². The van der Waals surface area contributed by atoms with Gasteiger partial charge in [-0.15, -0.1) is 0 Å². The van der Waals surface area contributed by atoms with Crippen LogP contribution in [-0.4, -0.2) is 78.6 Å². The van der Waals surface area contributed by atoms with Crippen LogP contribution in [0.5, 0.6) is 0 Å². The molecular formula is C25H30Cl2N8O2S. The molecule has 0 amide bonds. The molecule has 2 fully saturated rings. The number of hydrogen-bond donors (Lipinski definition) is 1. The van der Waals surface area contributed by atoms with Crippen LogP contribution in [0.1, 0.15) is 37.1 Å². The van der Waals surface area contributed by atoms with E-state index >= 15 is 0 Å². The maximum atomic E-state index is 11.8. The monoisotopic (exact) mass is 576 g/mol. The Morgan fingerprint density at radius 2 is 2.03 bits per heavy atom. The van der Waals surface area contributed by atoms with Gasteiger partial charge < -0.3 is 9.80 Å². The summed E-state index contributed by atoms with van der Waals surface area (Å²) in [6, 6.07) is 7.17. The van der Waals surface area contributed by atoms with Crippen molar-refractivity contribution in [3.05, 3.63) is 45.7 Å². The minimum absolute atomic E-state index is 0.126. The highest BCUT2D eigenvalue weighted by Crippen LogP contribution is 2.35. The fraction of sp³-hybridized carbons (Fsp3) is 0.520. The molecule has 0 aliphatic carbocycles. The molecule has 202 valence electrons. The van der Waals surface area contributed by atoms with E-state index in [0.29, 0.717) is 39.6 Å². The zero-order chi connectivity index (χ0) is 27.0. The maximum absolute atomic E-state index is 11.8. The summed E-state index contributed by atoms with van der Waals surface area (Å²) in [6.07, 6.45) is 3.94. The molecule has 0 spiro atoms. The molecule has 0 unspecified atom stereocenters. The van der Waals surface area contributed by atoms with Gasteiger partial charge >= 0.3 is 0 Å². The summed E-state index contributed by atoms with van der Waals surface area (Å²) in [5.74, 6) is 1.92. The Bertz CT molecular complexity index is 1480. The predicted molar refractivity (Wildman–Crippen MR) is 148 cm³/mol. The van der Waals surface area contributed by atoms with Crippen LogP contribution in [-0.2, 0) is 10.0 Å². The quantitative estimate of drug-likeness (QED) is 0.433. The average Bonchev–Trinajstić information content (AvgIpc) is 3.25. The minimum Gasteiger partial charge on any atom is -0.355 e. The van der Waals surface area contributed by atoms with Crippen molar-refractivity contribution in [3.63, 3.8) is 0 Å². The number of nitrogens with zero attached hydrogens (tertiary/aromatic N) is 7. The lowest BCUT2D eigenvalue weighted by molar-refractivity contribution is 0.125. The van der Waals surface area contributed by atoms with E-state index in [1.807, 2.05) is 13.0 Å². The van der Waals surface area contributed by atoms with Gasteiger partial charge in [0.15, 0.2) is 11.3 Å². The van der Waals surface area contributed by atoms with Crippen molar-refractivity contribution >= 4 is 50.2 Å². The fourth-order valence-corrected chi connectivity index (χ4v) is 6.67. The molecule has 5 rings (SSSR count). The molecule has 1 aromatic carbocycles. The normalized spacial score (nSPS) is 19.9. The highest BCUT2D eigenvalue weighted by molar-refractivity contribution is 7.89. The number of likely N-dealkylation sites (tertiary alicyclic amines) is 1. The number of aromatic nitrogens is 4. The number of piperidine rings is 1. The first-order chi connectivity index (χ1) is 18.2. The molecule has 2 aromatic heterocycles. The Labute approximate surface area is 232 Å². The Morgan fingerprint density at radius 1 is 1.24 bits per heavy atom. The van der Waals surface area contributed by atoms with Gasteiger partial charge in [0, 0.05) is 36.2 Å². The molecule has 1 N–H and O–H groups in total. The van der Waals surface area contributed by atoms with Crippen LogP contribution in [0.3, 0.4) is 0 Å². The molecule has 13 heteroatoms. The number of nitriles is 1. The molecule has 2 aliphatic heterocycles. The number of nitrogens with one attached hydrogen (secondary N) is 1. The molecule has 4 heterocycles. The zero-order valence-electron chi connectivity index (χ0n) is 21.3. The van der Waals surface area contributed by atoms with Gasteiger partial charge in [0.25, 0.3) is 0 Å². The number of fused-ring (bicyclic) bond motifs is 1. The maximum Gasteiger partial charge on any atom is 0.212 e. The van der Waals surface area contributed by atoms with Gasteiger partial charge in [0.2, 0.25) is 10.0 Å². The van der Waals surface area contributed by atoms with Crippen molar-refractivity contribution in [2.75, 3.05) is 50.4 Å². The van der Waals surface area contributed by atoms with Crippen molar-refractivity contribution < 1.29 is 8.42 Å². The third-order valence-corrected chi connectivity index (χ3v) is 9.61. The first-order valence-corrected chi connectivity index (χ1v) is 15.1. The summed E-state index contributed by atoms with van der Waals surface area (Å²) < 4.78 is 27.7. The van der Waals surface area contributed by atoms with Crippen LogP contribution in [0.15, 0.2) is 24.4 Å². The summed E-state index contributed by atoms with van der Waals surface area (Å²) in [7, 11) is -1.74. The Kier molecular flexibility index (Phi) is 7.80. The lowest BCUT2D eigenvalue weighted by Gasteiger charge is -2.47. The molecule has 2 aliphatic rings. The molecule has 0 saturated carbocycles. The fourth-order valence-electron chi connectivity index (χ4n) is 5.40. The highest BCUT2D eigenvalue weighted by Gasteiger charge is 2.37. The zero-order valence-corrected chi connectivity index (χ0v) is 23.6. The standard InChI is InChI=1S/C25H30Cl2N8O2S/c1-16(20-6-5-19(26)10-21(20)27)35-25-24(22(11-28)32-35)30-12-23(31-25)34-14-18(15-34)17-4-3-7-33(13-17)8-9-38(36,37)29-2/h5-6,10,12,16-18,29H,3-4,7-9,13-15H2,1-2H3/t16-,17-/m1/s1. The SMILES string of the molecule is CNS(=O)(=O)CCN1CCC[C@@H](C2CN(c3cnc4c(C#N)nn([C@H](C)c5ccc(Cl)cc5Cl)c4n3)C2)C1. The van der Waals surface area contributed by atoms with E-state index in [0.717, 1.165) is 50.4 Å². The molecule has 0 radical (unpaired) electrons. The van der Waals surface area contributed by atoms with Gasteiger partial charge in [-0.25, -0.2) is 27.8 Å². The van der Waals surface area contributed by atoms with Gasteiger partial charge in [0.05, 0.1) is 18.0 Å². The third-order valence-electron chi connectivity index (χ3n) is 7.71. The third kappa shape index (κ3) is 5.46. The molecular weight excluding hydrogens is 547 g/mol. The minimum atomic E-state index is -3.20. The number of halogens is 2. The van der Waals surface area contributed by atoms with Gasteiger partial charge in [-0.2, -0.15) is 10.4 Å². The van der Waals surface area contributed by atoms with Crippen LogP contribution in [0.4, 0.5) is 5.82 Å². The molecule has 38 heavy (non-hydrogen) atoms. The molecule has 10 nitrogen and oxygen atoms in total. The summed E-state index contributed by atoms with van der Waals surface area (Å²) in [5, 5.41) is 15.2. The van der Waals surface area contributed by atoms with Crippen LogP contribution in [0.25, 0.3) is 11.2 Å². The number of rotatable bonds is 8. The first kappa shape index (κ1) is 27.1. The van der Waals surface area contributed by atoms with E-state index in [-0.39, 0.29) is 17.5 Å². The van der Waals surface area contributed by atoms with E-state index in [2.05, 4.69) is 30.7 Å². The Balaban J connectivity index is 1.30. The number of hydrogen-bond acceptors (Lipinski definition) is 8. The second-order valence-corrected chi connectivity index (χ2v) is 12.9. The lowest BCUT2D eigenvalue weighted by Crippen LogP contribution is -2.54. The summed E-state index contributed by atoms with van der Waals surface area (Å²) in [6.45, 7) is 6.10. The highest BCUT2D eigenvalue weighted by atomic mass is 35.5. The topological polar surface area (TPSA) is 120 Å². The van der Waals surface area contributed by atoms with Crippen molar-refractivity contribution in [1.82, 2.24) is 29.4 Å². The smallest absolute Gasteiger partial charge is 0.212 e. The second-order valence-electron chi connectivity index (χ2n) is 10.0. The Morgan fingerprint density at radius 3 is 2.74 bits per heavy atom. The molecule has 0 bridgehead atoms. The molecule has 2 saturated heterocycles. The van der Waals surface area contributed by atoms with E-state index in [4.69, 9.17) is 28.2 Å². The summed E-state index contributed by atoms with van der Waals surface area (Å²) >= 11 is 12.5. The van der Waals surface area contributed by atoms with Crippen LogP contribution >= 0.6 is 23.2 Å². The van der Waals surface area contributed by atoms with Gasteiger partial charge in [-0.3, -0.25) is 0 Å². The summed E-state index contributed by atoms with van der Waals surface area (Å²) in [5.41, 5.74) is 2.05. The van der Waals surface area contributed by atoms with Gasteiger partial charge in [-0.1, -0.05) is 29.3 Å². The second kappa shape index (κ2) is 10.9. The van der Waals surface area contributed by atoms with E-state index in [1.165, 1.54) is 7.05 Å². The van der Waals surface area contributed by atoms with Crippen molar-refractivity contribution in [2.45, 2.75) is 25.8 Å². The van der Waals surface area contributed by atoms with E-state index < -0.39 is 10.0 Å². The number of anilines is 1. The largest absolute Gasteiger partial charge is 0.355 e.